The number of furan rings is 3. The molecule has 1 atom stereocenters. The first-order chi connectivity index (χ1) is 11.7. The molecule has 0 aliphatic heterocycles. The highest BCUT2D eigenvalue weighted by molar-refractivity contribution is 5.22. The Morgan fingerprint density at radius 1 is 0.958 bits per heavy atom. The third-order valence-corrected chi connectivity index (χ3v) is 4.58. The molecule has 3 aromatic rings. The predicted molar refractivity (Wildman–Crippen MR) is 94.1 cm³/mol. The quantitative estimate of drug-likeness (QED) is 0.502. The molecule has 0 spiro atoms. The van der Waals surface area contributed by atoms with Gasteiger partial charge in [-0.1, -0.05) is 6.92 Å². The molecule has 1 unspecified atom stereocenters. The fraction of sp³-hybridized carbons (Fsp3) is 0.429. The molecule has 0 N–H and O–H groups in total. The van der Waals surface area contributed by atoms with Gasteiger partial charge in [0.2, 0.25) is 0 Å². The summed E-state index contributed by atoms with van der Waals surface area (Å²) in [5.41, 5.74) is 3.77. The smallest absolute Gasteiger partial charge is 0.107 e. The van der Waals surface area contributed by atoms with Crippen LogP contribution in [0, 0.1) is 12.8 Å². The van der Waals surface area contributed by atoms with Crippen LogP contribution >= 0.6 is 0 Å². The molecule has 0 fully saturated rings. The van der Waals surface area contributed by atoms with Crippen molar-refractivity contribution in [2.45, 2.75) is 52.4 Å². The van der Waals surface area contributed by atoms with Crippen LogP contribution in [-0.2, 0) is 25.7 Å². The van der Waals surface area contributed by atoms with E-state index in [-0.39, 0.29) is 0 Å². The number of hydrogen-bond acceptors (Lipinski definition) is 3. The fourth-order valence-electron chi connectivity index (χ4n) is 3.17. The molecule has 3 nitrogen and oxygen atoms in total. The summed E-state index contributed by atoms with van der Waals surface area (Å²) in [6.45, 7) is 4.44. The van der Waals surface area contributed by atoms with Crippen LogP contribution in [0.15, 0.2) is 56.5 Å². The van der Waals surface area contributed by atoms with Crippen molar-refractivity contribution in [3.05, 3.63) is 71.5 Å². The van der Waals surface area contributed by atoms with E-state index in [0.717, 1.165) is 37.2 Å². The summed E-state index contributed by atoms with van der Waals surface area (Å²) >= 11 is 0. The zero-order chi connectivity index (χ0) is 16.8. The van der Waals surface area contributed by atoms with Crippen LogP contribution in [0.2, 0.25) is 0 Å². The SMILES string of the molecule is Cc1cc(CC(C)CCCc2ccoc2)oc1CCc1ccoc1. The molecule has 0 radical (unpaired) electrons. The van der Waals surface area contributed by atoms with E-state index in [4.69, 9.17) is 13.3 Å². The van der Waals surface area contributed by atoms with Crippen LogP contribution in [0.3, 0.4) is 0 Å². The van der Waals surface area contributed by atoms with Gasteiger partial charge in [0.1, 0.15) is 11.5 Å². The third kappa shape index (κ3) is 4.67. The van der Waals surface area contributed by atoms with Crippen LogP contribution in [0.5, 0.6) is 0 Å². The molecule has 3 heteroatoms. The molecule has 0 aliphatic carbocycles. The van der Waals surface area contributed by atoms with E-state index < -0.39 is 0 Å². The van der Waals surface area contributed by atoms with Crippen molar-refractivity contribution in [2.24, 2.45) is 5.92 Å². The van der Waals surface area contributed by atoms with Gasteiger partial charge in [0, 0.05) is 12.8 Å². The van der Waals surface area contributed by atoms with E-state index >= 15 is 0 Å². The Kier molecular flexibility index (Phi) is 5.63. The van der Waals surface area contributed by atoms with Crippen LogP contribution in [0.1, 0.15) is 48.0 Å². The average molecular weight is 326 g/mol. The molecule has 24 heavy (non-hydrogen) atoms. The average Bonchev–Trinajstić information content (AvgIpc) is 3.28. The van der Waals surface area contributed by atoms with Crippen molar-refractivity contribution < 1.29 is 13.3 Å². The second-order valence-electron chi connectivity index (χ2n) is 6.78. The summed E-state index contributed by atoms with van der Waals surface area (Å²) in [7, 11) is 0. The minimum absolute atomic E-state index is 0.629. The van der Waals surface area contributed by atoms with Crippen molar-refractivity contribution in [3.8, 4) is 0 Å². The molecule has 128 valence electrons. The normalized spacial score (nSPS) is 12.6. The lowest BCUT2D eigenvalue weighted by Crippen LogP contribution is -1.99. The van der Waals surface area contributed by atoms with Gasteiger partial charge >= 0.3 is 0 Å². The van der Waals surface area contributed by atoms with Crippen molar-refractivity contribution in [2.75, 3.05) is 0 Å². The summed E-state index contributed by atoms with van der Waals surface area (Å²) < 4.78 is 16.3. The molecule has 0 saturated carbocycles. The lowest BCUT2D eigenvalue weighted by Gasteiger charge is -2.08. The molecular weight excluding hydrogens is 300 g/mol. The van der Waals surface area contributed by atoms with E-state index in [2.05, 4.69) is 19.9 Å². The first-order valence-corrected chi connectivity index (χ1v) is 8.81. The van der Waals surface area contributed by atoms with Crippen LogP contribution in [0.25, 0.3) is 0 Å². The first kappa shape index (κ1) is 16.7. The minimum atomic E-state index is 0.629. The molecule has 3 heterocycles. The Hall–Kier alpha value is -2.16. The van der Waals surface area contributed by atoms with Gasteiger partial charge in [-0.05, 0) is 73.4 Å². The molecule has 0 amide bonds. The Morgan fingerprint density at radius 3 is 2.33 bits per heavy atom. The second-order valence-corrected chi connectivity index (χ2v) is 6.78. The summed E-state index contributed by atoms with van der Waals surface area (Å²) in [4.78, 5) is 0. The van der Waals surface area contributed by atoms with Gasteiger partial charge in [-0.15, -0.1) is 0 Å². The van der Waals surface area contributed by atoms with E-state index in [9.17, 15) is 0 Å². The van der Waals surface area contributed by atoms with Crippen molar-refractivity contribution in [1.82, 2.24) is 0 Å². The Balaban J connectivity index is 1.45. The number of aryl methyl sites for hydroxylation is 4. The van der Waals surface area contributed by atoms with Gasteiger partial charge in [-0.3, -0.25) is 0 Å². The highest BCUT2D eigenvalue weighted by Gasteiger charge is 2.12. The maximum atomic E-state index is 6.09. The Bertz CT molecular complexity index is 704. The summed E-state index contributed by atoms with van der Waals surface area (Å²) in [5, 5.41) is 0. The lowest BCUT2D eigenvalue weighted by molar-refractivity contribution is 0.411. The van der Waals surface area contributed by atoms with Crippen LogP contribution < -0.4 is 0 Å². The van der Waals surface area contributed by atoms with Gasteiger partial charge in [0.25, 0.3) is 0 Å². The molecular formula is C21H26O3. The van der Waals surface area contributed by atoms with Gasteiger partial charge < -0.3 is 13.3 Å². The maximum absolute atomic E-state index is 6.09. The topological polar surface area (TPSA) is 39.4 Å². The molecule has 0 saturated heterocycles. The summed E-state index contributed by atoms with van der Waals surface area (Å²) in [6.07, 6.45) is 13.5. The highest BCUT2D eigenvalue weighted by Crippen LogP contribution is 2.22. The van der Waals surface area contributed by atoms with Crippen LogP contribution in [-0.4, -0.2) is 0 Å². The molecule has 3 rings (SSSR count). The van der Waals surface area contributed by atoms with E-state index in [1.54, 1.807) is 18.8 Å². The largest absolute Gasteiger partial charge is 0.472 e. The monoisotopic (exact) mass is 326 g/mol. The van der Waals surface area contributed by atoms with Crippen molar-refractivity contribution in [3.63, 3.8) is 0 Å². The number of rotatable bonds is 9. The lowest BCUT2D eigenvalue weighted by atomic mass is 9.98. The maximum Gasteiger partial charge on any atom is 0.107 e. The standard InChI is InChI=1S/C21H26O3/c1-16(4-3-5-18-8-10-22-14-18)12-20-13-17(2)21(24-20)7-6-19-9-11-23-15-19/h8-11,13-16H,3-7,12H2,1-2H3. The van der Waals surface area contributed by atoms with Gasteiger partial charge in [-0.25, -0.2) is 0 Å². The highest BCUT2D eigenvalue weighted by atomic mass is 16.3. The predicted octanol–water partition coefficient (Wildman–Crippen LogP) is 5.76. The van der Waals surface area contributed by atoms with Crippen molar-refractivity contribution in [1.29, 1.82) is 0 Å². The van der Waals surface area contributed by atoms with Gasteiger partial charge in [0.05, 0.1) is 25.1 Å². The third-order valence-electron chi connectivity index (χ3n) is 4.58. The molecule has 0 aromatic carbocycles. The van der Waals surface area contributed by atoms with Crippen molar-refractivity contribution >= 4 is 0 Å². The number of hydrogen-bond donors (Lipinski definition) is 0. The molecule has 0 bridgehead atoms. The second kappa shape index (κ2) is 8.09. The van der Waals surface area contributed by atoms with E-state index in [0.29, 0.717) is 5.92 Å². The zero-order valence-corrected chi connectivity index (χ0v) is 14.6. The summed E-state index contributed by atoms with van der Waals surface area (Å²) in [5.74, 6) is 2.85. The fourth-order valence-corrected chi connectivity index (χ4v) is 3.17. The van der Waals surface area contributed by atoms with Gasteiger partial charge in [-0.2, -0.15) is 0 Å². The van der Waals surface area contributed by atoms with Crippen LogP contribution in [0.4, 0.5) is 0 Å². The molecule has 0 aliphatic rings. The molecule has 3 aromatic heterocycles. The van der Waals surface area contributed by atoms with Gasteiger partial charge in [0.15, 0.2) is 0 Å². The van der Waals surface area contributed by atoms with E-state index in [1.807, 2.05) is 18.4 Å². The van der Waals surface area contributed by atoms with E-state index in [1.165, 1.54) is 29.5 Å². The Labute approximate surface area is 143 Å². The zero-order valence-electron chi connectivity index (χ0n) is 14.6. The Morgan fingerprint density at radius 2 is 1.67 bits per heavy atom. The minimum Gasteiger partial charge on any atom is -0.472 e. The first-order valence-electron chi connectivity index (χ1n) is 8.81. The summed E-state index contributed by atoms with van der Waals surface area (Å²) in [6, 6.07) is 6.27.